The maximum Gasteiger partial charge on any atom is 0.303 e. The molecule has 1 fully saturated rings. The summed E-state index contributed by atoms with van der Waals surface area (Å²) in [5.74, 6) is 0.374. The summed E-state index contributed by atoms with van der Waals surface area (Å²) in [6.07, 6.45) is 3.57. The maximum absolute atomic E-state index is 12.3. The van der Waals surface area contributed by atoms with Gasteiger partial charge in [-0.25, -0.2) is 9.71 Å². The first-order valence-corrected chi connectivity index (χ1v) is 9.20. The van der Waals surface area contributed by atoms with Gasteiger partial charge in [0.05, 0.1) is 0 Å². The average Bonchev–Trinajstić information content (AvgIpc) is 2.89. The molecular formula is C12H22N4O2S2. The lowest BCUT2D eigenvalue weighted by Crippen LogP contribution is -2.45. The molecule has 1 aliphatic heterocycles. The van der Waals surface area contributed by atoms with Crippen LogP contribution in [0.25, 0.3) is 0 Å². The van der Waals surface area contributed by atoms with Crippen molar-refractivity contribution < 1.29 is 8.42 Å². The highest BCUT2D eigenvalue weighted by Crippen LogP contribution is 2.21. The molecule has 1 unspecified atom stereocenters. The number of piperidine rings is 1. The minimum absolute atomic E-state index is 0.374. The standard InChI is InChI=1S/C12H22N4O2S2/c1-10(2)14-8-11-4-3-6-16(9-11)20(17,18)15-12-13-5-7-19-12/h5,7,10-11,14H,3-4,6,8-9H2,1-2H3,(H,13,15). The second-order valence-electron chi connectivity index (χ2n) is 5.37. The molecular weight excluding hydrogens is 296 g/mol. The van der Waals surface area contributed by atoms with Gasteiger partial charge in [-0.2, -0.15) is 12.7 Å². The van der Waals surface area contributed by atoms with Gasteiger partial charge < -0.3 is 5.32 Å². The Kier molecular flexibility index (Phi) is 5.36. The monoisotopic (exact) mass is 318 g/mol. The van der Waals surface area contributed by atoms with Crippen LogP contribution in [-0.4, -0.2) is 43.4 Å². The van der Waals surface area contributed by atoms with Crippen molar-refractivity contribution in [1.82, 2.24) is 14.6 Å². The van der Waals surface area contributed by atoms with Crippen molar-refractivity contribution >= 4 is 26.7 Å². The first-order chi connectivity index (χ1) is 9.47. The number of aromatic nitrogens is 1. The molecule has 0 bridgehead atoms. The fourth-order valence-corrected chi connectivity index (χ4v) is 4.32. The summed E-state index contributed by atoms with van der Waals surface area (Å²) in [6.45, 7) is 6.21. The molecule has 0 spiro atoms. The lowest BCUT2D eigenvalue weighted by molar-refractivity contribution is 0.257. The molecule has 1 saturated heterocycles. The lowest BCUT2D eigenvalue weighted by atomic mass is 9.99. The van der Waals surface area contributed by atoms with E-state index < -0.39 is 10.2 Å². The molecule has 2 rings (SSSR count). The molecule has 1 aliphatic rings. The van der Waals surface area contributed by atoms with Crippen LogP contribution < -0.4 is 10.0 Å². The van der Waals surface area contributed by atoms with E-state index in [-0.39, 0.29) is 0 Å². The number of hydrogen-bond donors (Lipinski definition) is 2. The molecule has 8 heteroatoms. The molecule has 1 aromatic heterocycles. The fourth-order valence-electron chi connectivity index (χ4n) is 2.26. The van der Waals surface area contributed by atoms with Gasteiger partial charge in [0.1, 0.15) is 0 Å². The Balaban J connectivity index is 1.93. The predicted octanol–water partition coefficient (Wildman–Crippen LogP) is 1.51. The van der Waals surface area contributed by atoms with Crippen molar-refractivity contribution in [3.8, 4) is 0 Å². The lowest BCUT2D eigenvalue weighted by Gasteiger charge is -2.32. The Morgan fingerprint density at radius 1 is 1.55 bits per heavy atom. The van der Waals surface area contributed by atoms with E-state index in [2.05, 4.69) is 28.9 Å². The van der Waals surface area contributed by atoms with E-state index >= 15 is 0 Å². The third kappa shape index (κ3) is 4.41. The van der Waals surface area contributed by atoms with Gasteiger partial charge in [0, 0.05) is 30.7 Å². The van der Waals surface area contributed by atoms with Crippen molar-refractivity contribution in [2.45, 2.75) is 32.7 Å². The van der Waals surface area contributed by atoms with Gasteiger partial charge in [-0.15, -0.1) is 11.3 Å². The third-order valence-electron chi connectivity index (χ3n) is 3.29. The second-order valence-corrected chi connectivity index (χ2v) is 7.94. The zero-order chi connectivity index (χ0) is 14.6. The van der Waals surface area contributed by atoms with Crippen LogP contribution in [0.5, 0.6) is 0 Å². The highest BCUT2D eigenvalue weighted by Gasteiger charge is 2.29. The van der Waals surface area contributed by atoms with Gasteiger partial charge in [-0.05, 0) is 25.3 Å². The van der Waals surface area contributed by atoms with Crippen molar-refractivity contribution in [3.05, 3.63) is 11.6 Å². The highest BCUT2D eigenvalue weighted by atomic mass is 32.2. The topological polar surface area (TPSA) is 74.3 Å². The first-order valence-electron chi connectivity index (χ1n) is 6.88. The summed E-state index contributed by atoms with van der Waals surface area (Å²) in [5, 5.41) is 5.56. The number of nitrogens with one attached hydrogen (secondary N) is 2. The zero-order valence-corrected chi connectivity index (χ0v) is 13.5. The highest BCUT2D eigenvalue weighted by molar-refractivity contribution is 7.90. The summed E-state index contributed by atoms with van der Waals surface area (Å²) in [7, 11) is -3.47. The summed E-state index contributed by atoms with van der Waals surface area (Å²) in [6, 6.07) is 0.426. The van der Waals surface area contributed by atoms with Crippen LogP contribution in [0.2, 0.25) is 0 Å². The fraction of sp³-hybridized carbons (Fsp3) is 0.750. The minimum Gasteiger partial charge on any atom is -0.314 e. The molecule has 1 aromatic rings. The van der Waals surface area contributed by atoms with Crippen molar-refractivity contribution in [1.29, 1.82) is 0 Å². The first kappa shape index (κ1) is 15.7. The average molecular weight is 318 g/mol. The van der Waals surface area contributed by atoms with Crippen LogP contribution >= 0.6 is 11.3 Å². The molecule has 1 atom stereocenters. The molecule has 2 N–H and O–H groups in total. The van der Waals surface area contributed by atoms with Crippen molar-refractivity contribution in [3.63, 3.8) is 0 Å². The second kappa shape index (κ2) is 6.84. The number of anilines is 1. The summed E-state index contributed by atoms with van der Waals surface area (Å²) in [4.78, 5) is 3.96. The summed E-state index contributed by atoms with van der Waals surface area (Å²) >= 11 is 1.29. The van der Waals surface area contributed by atoms with Gasteiger partial charge >= 0.3 is 10.2 Å². The SMILES string of the molecule is CC(C)NCC1CCCN(S(=O)(=O)Nc2nccs2)C1. The van der Waals surface area contributed by atoms with Crippen molar-refractivity contribution in [2.24, 2.45) is 5.92 Å². The van der Waals surface area contributed by atoms with Gasteiger partial charge in [0.15, 0.2) is 5.13 Å². The molecule has 0 aromatic carbocycles. The molecule has 20 heavy (non-hydrogen) atoms. The van der Waals surface area contributed by atoms with E-state index in [4.69, 9.17) is 0 Å². The number of rotatable bonds is 6. The molecule has 2 heterocycles. The summed E-state index contributed by atoms with van der Waals surface area (Å²) in [5.41, 5.74) is 0. The van der Waals surface area contributed by atoms with Crippen LogP contribution in [0.4, 0.5) is 5.13 Å². The quantitative estimate of drug-likeness (QED) is 0.834. The van der Waals surface area contributed by atoms with Crippen molar-refractivity contribution in [2.75, 3.05) is 24.4 Å². The predicted molar refractivity (Wildman–Crippen MR) is 82.1 cm³/mol. The van der Waals surface area contributed by atoms with Crippen LogP contribution in [0.1, 0.15) is 26.7 Å². The van der Waals surface area contributed by atoms with E-state index in [0.717, 1.165) is 19.4 Å². The third-order valence-corrected chi connectivity index (χ3v) is 5.57. The minimum atomic E-state index is -3.47. The van der Waals surface area contributed by atoms with Gasteiger partial charge in [-0.3, -0.25) is 0 Å². The van der Waals surface area contributed by atoms with Crippen LogP contribution in [0.15, 0.2) is 11.6 Å². The summed E-state index contributed by atoms with van der Waals surface area (Å²) < 4.78 is 28.7. The van der Waals surface area contributed by atoms with E-state index in [9.17, 15) is 8.42 Å². The molecule has 0 amide bonds. The Bertz CT molecular complexity index is 502. The number of thiazole rings is 1. The van der Waals surface area contributed by atoms with Crippen LogP contribution in [0.3, 0.4) is 0 Å². The Hall–Kier alpha value is -0.700. The molecule has 114 valence electrons. The zero-order valence-electron chi connectivity index (χ0n) is 11.9. The number of nitrogens with zero attached hydrogens (tertiary/aromatic N) is 2. The van der Waals surface area contributed by atoms with Crippen LogP contribution in [0, 0.1) is 5.92 Å². The normalized spacial score (nSPS) is 21.2. The van der Waals surface area contributed by atoms with Gasteiger partial charge in [0.25, 0.3) is 0 Å². The molecule has 6 nitrogen and oxygen atoms in total. The van der Waals surface area contributed by atoms with Gasteiger partial charge in [-0.1, -0.05) is 13.8 Å². The van der Waals surface area contributed by atoms with Gasteiger partial charge in [0.2, 0.25) is 0 Å². The van der Waals surface area contributed by atoms with Crippen LogP contribution in [-0.2, 0) is 10.2 Å². The Morgan fingerprint density at radius 3 is 3.00 bits per heavy atom. The van der Waals surface area contributed by atoms with E-state index in [1.165, 1.54) is 15.6 Å². The smallest absolute Gasteiger partial charge is 0.303 e. The molecule has 0 saturated carbocycles. The number of hydrogen-bond acceptors (Lipinski definition) is 5. The largest absolute Gasteiger partial charge is 0.314 e. The Morgan fingerprint density at radius 2 is 2.35 bits per heavy atom. The molecule has 0 radical (unpaired) electrons. The van der Waals surface area contributed by atoms with E-state index in [0.29, 0.717) is 30.2 Å². The van der Waals surface area contributed by atoms with E-state index in [1.807, 2.05) is 0 Å². The Labute approximate surface area is 124 Å². The maximum atomic E-state index is 12.3. The van der Waals surface area contributed by atoms with E-state index in [1.54, 1.807) is 11.6 Å². The molecule has 0 aliphatic carbocycles.